The van der Waals surface area contributed by atoms with Crippen LogP contribution in [0, 0.1) is 0 Å². The van der Waals surface area contributed by atoms with E-state index in [1.54, 1.807) is 18.2 Å². The first kappa shape index (κ1) is 27.8. The normalized spacial score (nSPS) is 16.1. The molecule has 2 aromatic carbocycles. The Hall–Kier alpha value is -3.27. The first-order valence-corrected chi connectivity index (χ1v) is 15.0. The molecule has 0 bridgehead atoms. The Bertz CT molecular complexity index is 1210. The third-order valence-corrected chi connectivity index (χ3v) is 8.82. The lowest BCUT2D eigenvalue weighted by Crippen LogP contribution is -2.53. The summed E-state index contributed by atoms with van der Waals surface area (Å²) in [4.78, 5) is 28.8. The van der Waals surface area contributed by atoms with Gasteiger partial charge in [-0.15, -0.1) is 0 Å². The van der Waals surface area contributed by atoms with Gasteiger partial charge in [0.15, 0.2) is 11.5 Å². The van der Waals surface area contributed by atoms with Gasteiger partial charge in [0.25, 0.3) is 0 Å². The molecule has 38 heavy (non-hydrogen) atoms. The standard InChI is InChI=1S/C28H37N3O6S/c1-3-24(28(33)29-22-12-8-9-13-22)30(19-21-10-6-5-7-11-21)27(32)20-31(38(34,35)4-2)23-14-15-25-26(18-23)37-17-16-36-25/h5-7,10-11,14-15,18,22,24H,3-4,8-9,12-13,16-17,19-20H2,1-2H3,(H,29,33)/t24-/m0/s1. The lowest BCUT2D eigenvalue weighted by Gasteiger charge is -2.34. The van der Waals surface area contributed by atoms with E-state index in [1.807, 2.05) is 37.3 Å². The Morgan fingerprint density at radius 1 is 1.00 bits per heavy atom. The third kappa shape index (κ3) is 6.59. The fourth-order valence-electron chi connectivity index (χ4n) is 4.97. The quantitative estimate of drug-likeness (QED) is 0.465. The Morgan fingerprint density at radius 2 is 1.68 bits per heavy atom. The maximum absolute atomic E-state index is 13.9. The minimum absolute atomic E-state index is 0.111. The summed E-state index contributed by atoms with van der Waals surface area (Å²) in [6.07, 6.45) is 4.42. The fraction of sp³-hybridized carbons (Fsp3) is 0.500. The SMILES string of the molecule is CC[C@@H](C(=O)NC1CCCC1)N(Cc1ccccc1)C(=O)CN(c1ccc2c(c1)OCCO2)S(=O)(=O)CC. The maximum Gasteiger partial charge on any atom is 0.244 e. The molecule has 2 aliphatic rings. The van der Waals surface area contributed by atoms with Crippen molar-refractivity contribution in [3.05, 3.63) is 54.1 Å². The molecule has 0 aromatic heterocycles. The van der Waals surface area contributed by atoms with Crippen LogP contribution in [-0.4, -0.2) is 62.7 Å². The van der Waals surface area contributed by atoms with Gasteiger partial charge in [-0.1, -0.05) is 50.1 Å². The Balaban J connectivity index is 1.64. The van der Waals surface area contributed by atoms with Gasteiger partial charge in [0.05, 0.1) is 11.4 Å². The number of ether oxygens (including phenoxy) is 2. The number of carbonyl (C=O) groups is 2. The Kier molecular flexibility index (Phi) is 9.14. The van der Waals surface area contributed by atoms with E-state index in [1.165, 1.54) is 11.8 Å². The molecule has 1 aliphatic heterocycles. The zero-order valence-corrected chi connectivity index (χ0v) is 22.9. The molecule has 10 heteroatoms. The van der Waals surface area contributed by atoms with E-state index in [0.29, 0.717) is 36.8 Å². The second-order valence-corrected chi connectivity index (χ2v) is 11.8. The number of amides is 2. The molecule has 9 nitrogen and oxygen atoms in total. The van der Waals surface area contributed by atoms with Crippen LogP contribution >= 0.6 is 0 Å². The minimum Gasteiger partial charge on any atom is -0.486 e. The van der Waals surface area contributed by atoms with Gasteiger partial charge in [-0.2, -0.15) is 0 Å². The summed E-state index contributed by atoms with van der Waals surface area (Å²) in [5, 5.41) is 3.12. The number of nitrogens with one attached hydrogen (secondary N) is 1. The van der Waals surface area contributed by atoms with Gasteiger partial charge in [0.1, 0.15) is 25.8 Å². The van der Waals surface area contributed by atoms with Gasteiger partial charge in [0.2, 0.25) is 21.8 Å². The highest BCUT2D eigenvalue weighted by Gasteiger charge is 2.34. The van der Waals surface area contributed by atoms with Crippen molar-refractivity contribution >= 4 is 27.5 Å². The molecule has 1 fully saturated rings. The van der Waals surface area contributed by atoms with Crippen LogP contribution in [0.5, 0.6) is 11.5 Å². The predicted octanol–water partition coefficient (Wildman–Crippen LogP) is 3.48. The number of nitrogens with zero attached hydrogens (tertiary/aromatic N) is 2. The molecule has 1 aliphatic carbocycles. The molecule has 2 amide bonds. The van der Waals surface area contributed by atoms with E-state index < -0.39 is 28.5 Å². The van der Waals surface area contributed by atoms with Crippen molar-refractivity contribution in [3.8, 4) is 11.5 Å². The van der Waals surface area contributed by atoms with E-state index in [2.05, 4.69) is 5.32 Å². The highest BCUT2D eigenvalue weighted by atomic mass is 32.2. The van der Waals surface area contributed by atoms with Crippen molar-refractivity contribution in [3.63, 3.8) is 0 Å². The van der Waals surface area contributed by atoms with Crippen LogP contribution in [0.4, 0.5) is 5.69 Å². The monoisotopic (exact) mass is 543 g/mol. The molecule has 2 aromatic rings. The van der Waals surface area contributed by atoms with E-state index in [-0.39, 0.29) is 24.2 Å². The second kappa shape index (κ2) is 12.5. The molecule has 1 atom stereocenters. The molecule has 206 valence electrons. The summed E-state index contributed by atoms with van der Waals surface area (Å²) in [5.74, 6) is 0.121. The average Bonchev–Trinajstić information content (AvgIpc) is 3.44. The van der Waals surface area contributed by atoms with Crippen LogP contribution in [0.15, 0.2) is 48.5 Å². The van der Waals surface area contributed by atoms with Crippen LogP contribution in [0.3, 0.4) is 0 Å². The summed E-state index contributed by atoms with van der Waals surface area (Å²) in [5.41, 5.74) is 1.17. The molecule has 0 radical (unpaired) electrons. The number of benzene rings is 2. The number of sulfonamides is 1. The van der Waals surface area contributed by atoms with Crippen molar-refractivity contribution in [1.82, 2.24) is 10.2 Å². The van der Waals surface area contributed by atoms with Gasteiger partial charge >= 0.3 is 0 Å². The summed E-state index contributed by atoms with van der Waals surface area (Å²) in [6, 6.07) is 13.7. The molecule has 1 saturated carbocycles. The predicted molar refractivity (Wildman–Crippen MR) is 146 cm³/mol. The molecular weight excluding hydrogens is 506 g/mol. The highest BCUT2D eigenvalue weighted by Crippen LogP contribution is 2.35. The van der Waals surface area contributed by atoms with Crippen molar-refractivity contribution in [2.75, 3.05) is 29.8 Å². The van der Waals surface area contributed by atoms with Gasteiger partial charge in [-0.05, 0) is 43.9 Å². The number of hydrogen-bond donors (Lipinski definition) is 1. The first-order chi connectivity index (χ1) is 18.3. The lowest BCUT2D eigenvalue weighted by atomic mass is 10.1. The lowest BCUT2D eigenvalue weighted by molar-refractivity contribution is -0.140. The molecule has 4 rings (SSSR count). The van der Waals surface area contributed by atoms with E-state index in [0.717, 1.165) is 35.6 Å². The van der Waals surface area contributed by atoms with E-state index >= 15 is 0 Å². The number of anilines is 1. The molecule has 1 heterocycles. The Labute approximate surface area is 225 Å². The molecule has 0 unspecified atom stereocenters. The molecule has 0 spiro atoms. The molecule has 0 saturated heterocycles. The number of carbonyl (C=O) groups excluding carboxylic acids is 2. The smallest absolute Gasteiger partial charge is 0.244 e. The van der Waals surface area contributed by atoms with Crippen molar-refractivity contribution in [2.45, 2.75) is 64.6 Å². The van der Waals surface area contributed by atoms with Gasteiger partial charge in [-0.25, -0.2) is 8.42 Å². The van der Waals surface area contributed by atoms with Gasteiger partial charge in [0, 0.05) is 18.7 Å². The largest absolute Gasteiger partial charge is 0.486 e. The third-order valence-electron chi connectivity index (χ3n) is 7.08. The minimum atomic E-state index is -3.82. The number of fused-ring (bicyclic) bond motifs is 1. The van der Waals surface area contributed by atoms with Crippen LogP contribution in [0.2, 0.25) is 0 Å². The first-order valence-electron chi connectivity index (χ1n) is 13.4. The van der Waals surface area contributed by atoms with E-state index in [4.69, 9.17) is 9.47 Å². The topological polar surface area (TPSA) is 105 Å². The zero-order valence-electron chi connectivity index (χ0n) is 22.1. The van der Waals surface area contributed by atoms with E-state index in [9.17, 15) is 18.0 Å². The van der Waals surface area contributed by atoms with Gasteiger partial charge < -0.3 is 19.7 Å². The average molecular weight is 544 g/mol. The van der Waals surface area contributed by atoms with Crippen LogP contribution in [-0.2, 0) is 26.2 Å². The fourth-order valence-corrected chi connectivity index (χ4v) is 6.03. The summed E-state index contributed by atoms with van der Waals surface area (Å²) in [6.45, 7) is 3.93. The van der Waals surface area contributed by atoms with Gasteiger partial charge in [-0.3, -0.25) is 13.9 Å². The molecular formula is C28H37N3O6S. The number of rotatable bonds is 11. The zero-order chi connectivity index (χ0) is 27.1. The van der Waals surface area contributed by atoms with Crippen molar-refractivity contribution in [2.24, 2.45) is 0 Å². The number of hydrogen-bond acceptors (Lipinski definition) is 6. The van der Waals surface area contributed by atoms with Crippen molar-refractivity contribution in [1.29, 1.82) is 0 Å². The second-order valence-electron chi connectivity index (χ2n) is 9.66. The maximum atomic E-state index is 13.9. The van der Waals surface area contributed by atoms with Crippen molar-refractivity contribution < 1.29 is 27.5 Å². The van der Waals surface area contributed by atoms with Crippen LogP contribution in [0.25, 0.3) is 0 Å². The summed E-state index contributed by atoms with van der Waals surface area (Å²) >= 11 is 0. The van der Waals surface area contributed by atoms with Crippen LogP contribution < -0.4 is 19.1 Å². The molecule has 1 N–H and O–H groups in total. The summed E-state index contributed by atoms with van der Waals surface area (Å²) < 4.78 is 38.7. The summed E-state index contributed by atoms with van der Waals surface area (Å²) in [7, 11) is -3.82. The Morgan fingerprint density at radius 3 is 2.34 bits per heavy atom. The van der Waals surface area contributed by atoms with Crippen LogP contribution in [0.1, 0.15) is 51.5 Å². The highest BCUT2D eigenvalue weighted by molar-refractivity contribution is 7.92.